The molecule has 16 heavy (non-hydrogen) atoms. The summed E-state index contributed by atoms with van der Waals surface area (Å²) >= 11 is 0. The number of carbonyl (C=O) groups excluding carboxylic acids is 1. The Balaban J connectivity index is 2.62. The SMILES string of the molecule is CCC(C(=O)O)N(C)C(=O)C1CCN(C)C1. The third-order valence-corrected chi connectivity index (χ3v) is 3.23. The van der Waals surface area contributed by atoms with Crippen LogP contribution in [0.1, 0.15) is 19.8 Å². The van der Waals surface area contributed by atoms with Crippen LogP contribution in [0.2, 0.25) is 0 Å². The van der Waals surface area contributed by atoms with Gasteiger partial charge in [0, 0.05) is 13.6 Å². The van der Waals surface area contributed by atoms with Gasteiger partial charge >= 0.3 is 5.97 Å². The zero-order valence-corrected chi connectivity index (χ0v) is 10.1. The summed E-state index contributed by atoms with van der Waals surface area (Å²) in [4.78, 5) is 26.5. The molecule has 5 nitrogen and oxygen atoms in total. The molecule has 2 unspecified atom stereocenters. The first kappa shape index (κ1) is 13.0. The number of amides is 1. The average molecular weight is 228 g/mol. The third-order valence-electron chi connectivity index (χ3n) is 3.23. The predicted octanol–water partition coefficient (Wildman–Crippen LogP) is 0.260. The quantitative estimate of drug-likeness (QED) is 0.749. The lowest BCUT2D eigenvalue weighted by atomic mass is 10.1. The molecule has 5 heteroatoms. The van der Waals surface area contributed by atoms with Gasteiger partial charge < -0.3 is 14.9 Å². The Labute approximate surface area is 96.0 Å². The van der Waals surface area contributed by atoms with Crippen LogP contribution in [-0.2, 0) is 9.59 Å². The Bertz CT molecular complexity index is 280. The maximum absolute atomic E-state index is 12.0. The molecule has 2 atom stereocenters. The van der Waals surface area contributed by atoms with Crippen molar-refractivity contribution < 1.29 is 14.7 Å². The van der Waals surface area contributed by atoms with Crippen molar-refractivity contribution in [3.05, 3.63) is 0 Å². The van der Waals surface area contributed by atoms with E-state index in [9.17, 15) is 9.59 Å². The molecule has 0 spiro atoms. The number of likely N-dealkylation sites (N-methyl/N-ethyl adjacent to an activating group) is 1. The normalized spacial score (nSPS) is 23.1. The summed E-state index contributed by atoms with van der Waals surface area (Å²) in [5.74, 6) is -1.01. The number of carbonyl (C=O) groups is 2. The van der Waals surface area contributed by atoms with Crippen molar-refractivity contribution in [2.45, 2.75) is 25.8 Å². The number of aliphatic carboxylic acids is 1. The number of hydrogen-bond acceptors (Lipinski definition) is 3. The van der Waals surface area contributed by atoms with E-state index in [0.717, 1.165) is 19.5 Å². The van der Waals surface area contributed by atoms with E-state index >= 15 is 0 Å². The molecule has 0 bridgehead atoms. The van der Waals surface area contributed by atoms with E-state index in [1.54, 1.807) is 14.0 Å². The highest BCUT2D eigenvalue weighted by Gasteiger charge is 2.32. The number of hydrogen-bond donors (Lipinski definition) is 1. The van der Waals surface area contributed by atoms with Crippen molar-refractivity contribution in [2.75, 3.05) is 27.2 Å². The van der Waals surface area contributed by atoms with Gasteiger partial charge in [-0.15, -0.1) is 0 Å². The van der Waals surface area contributed by atoms with Crippen LogP contribution in [-0.4, -0.2) is 60.0 Å². The molecule has 1 fully saturated rings. The first-order valence-corrected chi connectivity index (χ1v) is 5.65. The lowest BCUT2D eigenvalue weighted by Gasteiger charge is -2.26. The van der Waals surface area contributed by atoms with Crippen LogP contribution in [0.15, 0.2) is 0 Å². The van der Waals surface area contributed by atoms with Gasteiger partial charge in [0.2, 0.25) is 5.91 Å². The molecule has 1 N–H and O–H groups in total. The van der Waals surface area contributed by atoms with Gasteiger partial charge in [-0.1, -0.05) is 6.92 Å². The van der Waals surface area contributed by atoms with Crippen LogP contribution in [0.4, 0.5) is 0 Å². The first-order valence-electron chi connectivity index (χ1n) is 5.65. The molecule has 0 saturated carbocycles. The fraction of sp³-hybridized carbons (Fsp3) is 0.818. The van der Waals surface area contributed by atoms with Crippen LogP contribution in [0.5, 0.6) is 0 Å². The molecular weight excluding hydrogens is 208 g/mol. The lowest BCUT2D eigenvalue weighted by Crippen LogP contribution is -2.45. The van der Waals surface area contributed by atoms with Crippen LogP contribution in [0.3, 0.4) is 0 Å². The molecule has 1 saturated heterocycles. The molecule has 1 heterocycles. The Morgan fingerprint density at radius 2 is 2.19 bits per heavy atom. The minimum Gasteiger partial charge on any atom is -0.480 e. The van der Waals surface area contributed by atoms with Gasteiger partial charge in [0.1, 0.15) is 6.04 Å². The number of carboxylic acids is 1. The third kappa shape index (κ3) is 2.72. The highest BCUT2D eigenvalue weighted by molar-refractivity contribution is 5.85. The summed E-state index contributed by atoms with van der Waals surface area (Å²) in [5.41, 5.74) is 0. The molecule has 92 valence electrons. The minimum absolute atomic E-state index is 0.0385. The highest BCUT2D eigenvalue weighted by Crippen LogP contribution is 2.18. The van der Waals surface area contributed by atoms with Gasteiger partial charge in [-0.3, -0.25) is 4.79 Å². The van der Waals surface area contributed by atoms with Gasteiger partial charge in [-0.05, 0) is 26.4 Å². The molecule has 1 aliphatic heterocycles. The van der Waals surface area contributed by atoms with E-state index in [1.807, 2.05) is 7.05 Å². The summed E-state index contributed by atoms with van der Waals surface area (Å²) < 4.78 is 0. The maximum Gasteiger partial charge on any atom is 0.326 e. The first-order chi connectivity index (χ1) is 7.47. The van der Waals surface area contributed by atoms with Crippen molar-refractivity contribution in [2.24, 2.45) is 5.92 Å². The largest absolute Gasteiger partial charge is 0.480 e. The van der Waals surface area contributed by atoms with E-state index < -0.39 is 12.0 Å². The Hall–Kier alpha value is -1.10. The number of rotatable bonds is 4. The molecule has 1 rings (SSSR count). The molecule has 0 radical (unpaired) electrons. The molecule has 1 amide bonds. The molecule has 1 aliphatic rings. The predicted molar refractivity (Wildman–Crippen MR) is 60.1 cm³/mol. The molecule has 0 aromatic heterocycles. The second-order valence-electron chi connectivity index (χ2n) is 4.46. The summed E-state index contributed by atoms with van der Waals surface area (Å²) in [7, 11) is 3.56. The van der Waals surface area contributed by atoms with Gasteiger partial charge in [0.05, 0.1) is 5.92 Å². The Morgan fingerprint density at radius 1 is 1.56 bits per heavy atom. The molecule has 0 aromatic carbocycles. The van der Waals surface area contributed by atoms with Crippen LogP contribution in [0.25, 0.3) is 0 Å². The number of carboxylic acid groups (broad SMARTS) is 1. The minimum atomic E-state index is -0.926. The topological polar surface area (TPSA) is 60.9 Å². The molecule has 0 aliphatic carbocycles. The van der Waals surface area contributed by atoms with E-state index in [1.165, 1.54) is 4.90 Å². The lowest BCUT2D eigenvalue weighted by molar-refractivity contribution is -0.150. The van der Waals surface area contributed by atoms with E-state index in [2.05, 4.69) is 4.90 Å². The van der Waals surface area contributed by atoms with Gasteiger partial charge in [-0.25, -0.2) is 4.79 Å². The van der Waals surface area contributed by atoms with E-state index in [0.29, 0.717) is 6.42 Å². The Kier molecular flexibility index (Phi) is 4.29. The van der Waals surface area contributed by atoms with E-state index in [4.69, 9.17) is 5.11 Å². The number of nitrogens with zero attached hydrogens (tertiary/aromatic N) is 2. The summed E-state index contributed by atoms with van der Waals surface area (Å²) in [5, 5.41) is 8.98. The standard InChI is InChI=1S/C11H20N2O3/c1-4-9(11(15)16)13(3)10(14)8-5-6-12(2)7-8/h8-9H,4-7H2,1-3H3,(H,15,16). The zero-order valence-electron chi connectivity index (χ0n) is 10.1. The zero-order chi connectivity index (χ0) is 12.3. The van der Waals surface area contributed by atoms with Crippen molar-refractivity contribution in [1.29, 1.82) is 0 Å². The smallest absolute Gasteiger partial charge is 0.326 e. The van der Waals surface area contributed by atoms with Crippen molar-refractivity contribution in [3.8, 4) is 0 Å². The fourth-order valence-corrected chi connectivity index (χ4v) is 2.19. The molecular formula is C11H20N2O3. The van der Waals surface area contributed by atoms with Crippen LogP contribution in [0, 0.1) is 5.92 Å². The fourth-order valence-electron chi connectivity index (χ4n) is 2.19. The monoisotopic (exact) mass is 228 g/mol. The second kappa shape index (κ2) is 5.30. The van der Waals surface area contributed by atoms with Crippen molar-refractivity contribution in [1.82, 2.24) is 9.80 Å². The van der Waals surface area contributed by atoms with Gasteiger partial charge in [0.25, 0.3) is 0 Å². The maximum atomic E-state index is 12.0. The van der Waals surface area contributed by atoms with Crippen LogP contribution < -0.4 is 0 Å². The van der Waals surface area contributed by atoms with Gasteiger partial charge in [0.15, 0.2) is 0 Å². The summed E-state index contributed by atoms with van der Waals surface area (Å²) in [6.07, 6.45) is 1.27. The Morgan fingerprint density at radius 3 is 2.56 bits per heavy atom. The van der Waals surface area contributed by atoms with Gasteiger partial charge in [-0.2, -0.15) is 0 Å². The van der Waals surface area contributed by atoms with E-state index in [-0.39, 0.29) is 11.8 Å². The number of likely N-dealkylation sites (tertiary alicyclic amines) is 1. The van der Waals surface area contributed by atoms with Crippen molar-refractivity contribution >= 4 is 11.9 Å². The average Bonchev–Trinajstić information content (AvgIpc) is 2.64. The summed E-state index contributed by atoms with van der Waals surface area (Å²) in [6, 6.07) is -0.696. The van der Waals surface area contributed by atoms with Crippen molar-refractivity contribution in [3.63, 3.8) is 0 Å². The van der Waals surface area contributed by atoms with Crippen LogP contribution >= 0.6 is 0 Å². The summed E-state index contributed by atoms with van der Waals surface area (Å²) in [6.45, 7) is 3.43. The highest BCUT2D eigenvalue weighted by atomic mass is 16.4. The molecule has 0 aromatic rings. The second-order valence-corrected chi connectivity index (χ2v) is 4.46.